The van der Waals surface area contributed by atoms with E-state index in [-0.39, 0.29) is 0 Å². The second-order valence-electron chi connectivity index (χ2n) is 6.58. The predicted octanol–water partition coefficient (Wildman–Crippen LogP) is 5.95. The standard InChI is InChI=1S/C20H36O4/c21-19(22)17-15-13-11-9-7-5-3-1-2-4-6-8-10-12-14-16-18-20(23)24/h1-2H,3-18H2,(H,21,22)(H,23,24)/b2-1+. The van der Waals surface area contributed by atoms with E-state index in [4.69, 9.17) is 10.2 Å². The van der Waals surface area contributed by atoms with Crippen molar-refractivity contribution in [2.24, 2.45) is 0 Å². The van der Waals surface area contributed by atoms with E-state index in [0.717, 1.165) is 51.4 Å². The molecule has 0 aromatic heterocycles. The monoisotopic (exact) mass is 340 g/mol. The molecule has 2 N–H and O–H groups in total. The minimum Gasteiger partial charge on any atom is -0.481 e. The molecule has 0 amide bonds. The summed E-state index contributed by atoms with van der Waals surface area (Å²) in [6.07, 6.45) is 20.9. The van der Waals surface area contributed by atoms with Crippen molar-refractivity contribution in [1.82, 2.24) is 0 Å². The molecule has 0 aromatic rings. The van der Waals surface area contributed by atoms with Crippen molar-refractivity contribution in [2.45, 2.75) is 103 Å². The zero-order valence-corrected chi connectivity index (χ0v) is 15.2. The summed E-state index contributed by atoms with van der Waals surface area (Å²) < 4.78 is 0. The fraction of sp³-hybridized carbons (Fsp3) is 0.800. The summed E-state index contributed by atoms with van der Waals surface area (Å²) in [5.41, 5.74) is 0. The van der Waals surface area contributed by atoms with Gasteiger partial charge in [-0.25, -0.2) is 0 Å². The molecule has 4 heteroatoms. The molecular weight excluding hydrogens is 304 g/mol. The number of aliphatic carboxylic acids is 2. The quantitative estimate of drug-likeness (QED) is 0.239. The van der Waals surface area contributed by atoms with E-state index in [1.165, 1.54) is 38.5 Å². The predicted molar refractivity (Wildman–Crippen MR) is 98.3 cm³/mol. The van der Waals surface area contributed by atoms with Crippen LogP contribution in [-0.4, -0.2) is 22.2 Å². The molecule has 0 fully saturated rings. The minimum absolute atomic E-state index is 0.311. The van der Waals surface area contributed by atoms with Crippen molar-refractivity contribution in [3.63, 3.8) is 0 Å². The molecule has 0 aliphatic rings. The van der Waals surface area contributed by atoms with Crippen LogP contribution in [-0.2, 0) is 9.59 Å². The first kappa shape index (κ1) is 22.7. The Labute approximate surface area is 147 Å². The number of rotatable bonds is 18. The number of carbonyl (C=O) groups is 2. The van der Waals surface area contributed by atoms with E-state index in [1.54, 1.807) is 0 Å². The SMILES string of the molecule is O=C(O)CCCCCCCC/C=C/CCCCCCCCC(=O)O. The first-order valence-corrected chi connectivity index (χ1v) is 9.71. The minimum atomic E-state index is -0.682. The van der Waals surface area contributed by atoms with Gasteiger partial charge in [0, 0.05) is 12.8 Å². The van der Waals surface area contributed by atoms with Crippen molar-refractivity contribution in [3.8, 4) is 0 Å². The summed E-state index contributed by atoms with van der Waals surface area (Å²) in [6.45, 7) is 0. The van der Waals surface area contributed by atoms with Gasteiger partial charge in [-0.15, -0.1) is 0 Å². The number of unbranched alkanes of at least 4 members (excludes halogenated alkanes) is 12. The zero-order valence-electron chi connectivity index (χ0n) is 15.2. The maximum atomic E-state index is 10.4. The molecule has 0 saturated carbocycles. The third-order valence-corrected chi connectivity index (χ3v) is 4.19. The largest absolute Gasteiger partial charge is 0.481 e. The highest BCUT2D eigenvalue weighted by Crippen LogP contribution is 2.11. The van der Waals surface area contributed by atoms with Gasteiger partial charge in [-0.1, -0.05) is 63.5 Å². The topological polar surface area (TPSA) is 74.6 Å². The molecule has 0 bridgehead atoms. The van der Waals surface area contributed by atoms with Gasteiger partial charge in [-0.3, -0.25) is 9.59 Å². The van der Waals surface area contributed by atoms with Crippen LogP contribution in [0.2, 0.25) is 0 Å². The summed E-state index contributed by atoms with van der Waals surface area (Å²) in [4.78, 5) is 20.7. The smallest absolute Gasteiger partial charge is 0.303 e. The Hall–Kier alpha value is -1.32. The first-order valence-electron chi connectivity index (χ1n) is 9.71. The van der Waals surface area contributed by atoms with Gasteiger partial charge in [0.15, 0.2) is 0 Å². The Balaban J connectivity index is 3.11. The number of allylic oxidation sites excluding steroid dienone is 2. The van der Waals surface area contributed by atoms with Gasteiger partial charge in [0.25, 0.3) is 0 Å². The van der Waals surface area contributed by atoms with Crippen LogP contribution in [0.25, 0.3) is 0 Å². The molecule has 0 aliphatic carbocycles. The van der Waals surface area contributed by atoms with E-state index < -0.39 is 11.9 Å². The normalized spacial score (nSPS) is 11.2. The molecule has 0 aliphatic heterocycles. The fourth-order valence-electron chi connectivity index (χ4n) is 2.73. The molecule has 0 radical (unpaired) electrons. The highest BCUT2D eigenvalue weighted by atomic mass is 16.4. The van der Waals surface area contributed by atoms with Crippen LogP contribution in [0.5, 0.6) is 0 Å². The third-order valence-electron chi connectivity index (χ3n) is 4.19. The average Bonchev–Trinajstić information content (AvgIpc) is 2.53. The lowest BCUT2D eigenvalue weighted by atomic mass is 10.1. The van der Waals surface area contributed by atoms with Crippen LogP contribution in [0.3, 0.4) is 0 Å². The van der Waals surface area contributed by atoms with Crippen molar-refractivity contribution in [2.75, 3.05) is 0 Å². The molecule has 0 heterocycles. The van der Waals surface area contributed by atoms with E-state index >= 15 is 0 Å². The van der Waals surface area contributed by atoms with Crippen molar-refractivity contribution >= 4 is 11.9 Å². The lowest BCUT2D eigenvalue weighted by Gasteiger charge is -2.00. The maximum absolute atomic E-state index is 10.4. The van der Waals surface area contributed by atoms with Gasteiger partial charge in [0.1, 0.15) is 0 Å². The van der Waals surface area contributed by atoms with Crippen molar-refractivity contribution < 1.29 is 19.8 Å². The van der Waals surface area contributed by atoms with Crippen LogP contribution in [0.4, 0.5) is 0 Å². The molecule has 0 atom stereocenters. The number of hydrogen-bond acceptors (Lipinski definition) is 2. The molecular formula is C20H36O4. The second kappa shape index (κ2) is 18.0. The molecule has 140 valence electrons. The molecule has 4 nitrogen and oxygen atoms in total. The highest BCUT2D eigenvalue weighted by Gasteiger charge is 1.97. The first-order chi connectivity index (χ1) is 11.6. The van der Waals surface area contributed by atoms with Crippen LogP contribution in [0.15, 0.2) is 12.2 Å². The van der Waals surface area contributed by atoms with E-state index in [1.807, 2.05) is 0 Å². The number of carboxylic acids is 2. The van der Waals surface area contributed by atoms with Crippen LogP contribution in [0.1, 0.15) is 103 Å². The Morgan fingerprint density at radius 3 is 1.12 bits per heavy atom. The Kier molecular flexibility index (Phi) is 17.0. The average molecular weight is 341 g/mol. The molecule has 0 rings (SSSR count). The fourth-order valence-corrected chi connectivity index (χ4v) is 2.73. The molecule has 0 unspecified atom stereocenters. The zero-order chi connectivity index (χ0) is 17.9. The van der Waals surface area contributed by atoms with Gasteiger partial charge >= 0.3 is 11.9 Å². The van der Waals surface area contributed by atoms with E-state index in [0.29, 0.717) is 12.8 Å². The second-order valence-corrected chi connectivity index (χ2v) is 6.58. The Morgan fingerprint density at radius 1 is 0.500 bits per heavy atom. The van der Waals surface area contributed by atoms with Gasteiger partial charge in [0.2, 0.25) is 0 Å². The van der Waals surface area contributed by atoms with Crippen molar-refractivity contribution in [1.29, 1.82) is 0 Å². The summed E-state index contributed by atoms with van der Waals surface area (Å²) in [6, 6.07) is 0. The summed E-state index contributed by atoms with van der Waals surface area (Å²) >= 11 is 0. The van der Waals surface area contributed by atoms with Crippen LogP contribution >= 0.6 is 0 Å². The van der Waals surface area contributed by atoms with Crippen LogP contribution < -0.4 is 0 Å². The van der Waals surface area contributed by atoms with Gasteiger partial charge in [-0.2, -0.15) is 0 Å². The molecule has 0 aromatic carbocycles. The Morgan fingerprint density at radius 2 is 0.792 bits per heavy atom. The van der Waals surface area contributed by atoms with E-state index in [9.17, 15) is 9.59 Å². The number of carboxylic acid groups (broad SMARTS) is 2. The lowest BCUT2D eigenvalue weighted by molar-refractivity contribution is -0.138. The van der Waals surface area contributed by atoms with Gasteiger partial charge < -0.3 is 10.2 Å². The Bertz CT molecular complexity index is 305. The van der Waals surface area contributed by atoms with E-state index in [2.05, 4.69) is 12.2 Å². The van der Waals surface area contributed by atoms with Gasteiger partial charge in [-0.05, 0) is 38.5 Å². The highest BCUT2D eigenvalue weighted by molar-refractivity contribution is 5.66. The molecule has 24 heavy (non-hydrogen) atoms. The van der Waals surface area contributed by atoms with Crippen LogP contribution in [0, 0.1) is 0 Å². The summed E-state index contributed by atoms with van der Waals surface area (Å²) in [5.74, 6) is -1.36. The summed E-state index contributed by atoms with van der Waals surface area (Å²) in [5, 5.41) is 17.1. The lowest BCUT2D eigenvalue weighted by Crippen LogP contribution is -1.93. The van der Waals surface area contributed by atoms with Crippen molar-refractivity contribution in [3.05, 3.63) is 12.2 Å². The third kappa shape index (κ3) is 20.7. The maximum Gasteiger partial charge on any atom is 0.303 e. The number of hydrogen-bond donors (Lipinski definition) is 2. The summed E-state index contributed by atoms with van der Waals surface area (Å²) in [7, 11) is 0. The van der Waals surface area contributed by atoms with Gasteiger partial charge in [0.05, 0.1) is 0 Å². The molecule has 0 spiro atoms. The molecule has 0 saturated heterocycles.